The van der Waals surface area contributed by atoms with E-state index in [1.807, 2.05) is 0 Å². The molecular weight excluding hydrogens is 120 g/mol. The molecule has 10 heavy (non-hydrogen) atoms. The molecule has 2 aliphatic carbocycles. The lowest BCUT2D eigenvalue weighted by molar-refractivity contribution is 0.542. The molecule has 0 radical (unpaired) electrons. The summed E-state index contributed by atoms with van der Waals surface area (Å²) in [5.41, 5.74) is 1.63. The highest BCUT2D eigenvalue weighted by Gasteiger charge is 2.36. The van der Waals surface area contributed by atoms with E-state index in [9.17, 15) is 0 Å². The van der Waals surface area contributed by atoms with E-state index in [0.29, 0.717) is 0 Å². The second kappa shape index (κ2) is 1.98. The van der Waals surface area contributed by atoms with Crippen LogP contribution in [0.4, 0.5) is 0 Å². The Morgan fingerprint density at radius 2 is 2.40 bits per heavy atom. The van der Waals surface area contributed by atoms with E-state index < -0.39 is 0 Å². The Bertz CT molecular complexity index is 188. The second-order valence-electron chi connectivity index (χ2n) is 3.64. The van der Waals surface area contributed by atoms with E-state index in [0.717, 1.165) is 17.8 Å². The van der Waals surface area contributed by atoms with Crippen LogP contribution >= 0.6 is 0 Å². The third-order valence-corrected chi connectivity index (χ3v) is 3.09. The van der Waals surface area contributed by atoms with E-state index in [1.54, 1.807) is 5.57 Å². The van der Waals surface area contributed by atoms with Gasteiger partial charge in [0.25, 0.3) is 0 Å². The molecule has 0 aliphatic heterocycles. The zero-order chi connectivity index (χ0) is 7.14. The third-order valence-electron chi connectivity index (χ3n) is 3.09. The summed E-state index contributed by atoms with van der Waals surface area (Å²) in [7, 11) is 0. The van der Waals surface area contributed by atoms with Crippen molar-refractivity contribution in [3.8, 4) is 0 Å². The first-order chi connectivity index (χ1) is 4.81. The van der Waals surface area contributed by atoms with Crippen molar-refractivity contribution in [2.45, 2.75) is 19.8 Å². The van der Waals surface area contributed by atoms with E-state index in [4.69, 9.17) is 0 Å². The Morgan fingerprint density at radius 3 is 2.80 bits per heavy atom. The van der Waals surface area contributed by atoms with Crippen LogP contribution in [-0.2, 0) is 0 Å². The SMILES string of the molecule is C=C[C@H]1C[C@@H]2C[C@H]1C=C2C. The number of rotatable bonds is 1. The summed E-state index contributed by atoms with van der Waals surface area (Å²) in [6, 6.07) is 0. The van der Waals surface area contributed by atoms with Gasteiger partial charge in [-0.1, -0.05) is 17.7 Å². The summed E-state index contributed by atoms with van der Waals surface area (Å²) in [6.07, 6.45) is 7.35. The van der Waals surface area contributed by atoms with Crippen LogP contribution in [0.3, 0.4) is 0 Å². The van der Waals surface area contributed by atoms with Crippen molar-refractivity contribution in [2.24, 2.45) is 17.8 Å². The molecule has 0 nitrogen and oxygen atoms in total. The Kier molecular flexibility index (Phi) is 1.23. The average Bonchev–Trinajstić information content (AvgIpc) is 2.44. The van der Waals surface area contributed by atoms with Crippen LogP contribution in [0.15, 0.2) is 24.3 Å². The van der Waals surface area contributed by atoms with Crippen LogP contribution in [-0.4, -0.2) is 0 Å². The quantitative estimate of drug-likeness (QED) is 0.484. The maximum atomic E-state index is 3.86. The van der Waals surface area contributed by atoms with Crippen molar-refractivity contribution >= 4 is 0 Å². The zero-order valence-electron chi connectivity index (χ0n) is 6.51. The average molecular weight is 134 g/mol. The van der Waals surface area contributed by atoms with Crippen molar-refractivity contribution < 1.29 is 0 Å². The molecule has 54 valence electrons. The molecule has 0 aromatic rings. The second-order valence-corrected chi connectivity index (χ2v) is 3.64. The summed E-state index contributed by atoms with van der Waals surface area (Å²) in [5, 5.41) is 0. The van der Waals surface area contributed by atoms with Gasteiger partial charge in [0, 0.05) is 0 Å². The first kappa shape index (κ1) is 6.21. The van der Waals surface area contributed by atoms with Crippen LogP contribution in [0, 0.1) is 17.8 Å². The molecular formula is C10H14. The van der Waals surface area contributed by atoms with Crippen LogP contribution in [0.2, 0.25) is 0 Å². The van der Waals surface area contributed by atoms with Gasteiger partial charge in [-0.15, -0.1) is 6.58 Å². The van der Waals surface area contributed by atoms with Gasteiger partial charge in [-0.05, 0) is 37.5 Å². The maximum absolute atomic E-state index is 3.86. The Labute approximate surface area is 62.6 Å². The lowest BCUT2D eigenvalue weighted by atomic mass is 9.91. The van der Waals surface area contributed by atoms with Crippen LogP contribution in [0.1, 0.15) is 19.8 Å². The summed E-state index contributed by atoms with van der Waals surface area (Å²) < 4.78 is 0. The molecule has 0 amide bonds. The van der Waals surface area contributed by atoms with Crippen molar-refractivity contribution in [3.63, 3.8) is 0 Å². The highest BCUT2D eigenvalue weighted by molar-refractivity contribution is 5.21. The number of hydrogen-bond acceptors (Lipinski definition) is 0. The minimum absolute atomic E-state index is 0.800. The molecule has 2 aliphatic rings. The predicted molar refractivity (Wildman–Crippen MR) is 43.7 cm³/mol. The van der Waals surface area contributed by atoms with Gasteiger partial charge >= 0.3 is 0 Å². The fraction of sp³-hybridized carbons (Fsp3) is 0.600. The van der Waals surface area contributed by atoms with Crippen LogP contribution < -0.4 is 0 Å². The predicted octanol–water partition coefficient (Wildman–Crippen LogP) is 2.77. The smallest absolute Gasteiger partial charge is 0.0162 e. The van der Waals surface area contributed by atoms with Gasteiger partial charge in [0.15, 0.2) is 0 Å². The van der Waals surface area contributed by atoms with Gasteiger partial charge in [0.2, 0.25) is 0 Å². The third kappa shape index (κ3) is 0.681. The zero-order valence-corrected chi connectivity index (χ0v) is 6.51. The Balaban J connectivity index is 2.21. The normalized spacial score (nSPS) is 43.7. The van der Waals surface area contributed by atoms with E-state index in [1.165, 1.54) is 12.8 Å². The van der Waals surface area contributed by atoms with Gasteiger partial charge in [0.05, 0.1) is 0 Å². The van der Waals surface area contributed by atoms with Gasteiger partial charge in [-0.25, -0.2) is 0 Å². The summed E-state index contributed by atoms with van der Waals surface area (Å²) in [5.74, 6) is 2.56. The lowest BCUT2D eigenvalue weighted by Crippen LogP contribution is -2.04. The fourth-order valence-electron chi connectivity index (χ4n) is 2.41. The molecule has 0 saturated heterocycles. The summed E-state index contributed by atoms with van der Waals surface area (Å²) >= 11 is 0. The van der Waals surface area contributed by atoms with Gasteiger partial charge in [-0.3, -0.25) is 0 Å². The highest BCUT2D eigenvalue weighted by atomic mass is 14.4. The van der Waals surface area contributed by atoms with Crippen molar-refractivity contribution in [2.75, 3.05) is 0 Å². The number of fused-ring (bicyclic) bond motifs is 2. The number of hydrogen-bond donors (Lipinski definition) is 0. The molecule has 3 atom stereocenters. The molecule has 0 aromatic carbocycles. The topological polar surface area (TPSA) is 0 Å². The molecule has 0 unspecified atom stereocenters. The minimum Gasteiger partial charge on any atom is -0.103 e. The Morgan fingerprint density at radius 1 is 1.60 bits per heavy atom. The van der Waals surface area contributed by atoms with E-state index in [2.05, 4.69) is 25.7 Å². The standard InChI is InChI=1S/C10H14/c1-3-8-5-9-6-10(8)4-7(9)2/h3-4,8-10H,1,5-6H2,2H3/t8-,9+,10+/m0/s1. The first-order valence-corrected chi connectivity index (χ1v) is 4.12. The molecule has 1 saturated carbocycles. The molecule has 1 fully saturated rings. The lowest BCUT2D eigenvalue weighted by Gasteiger charge is -2.15. The van der Waals surface area contributed by atoms with E-state index in [-0.39, 0.29) is 0 Å². The minimum atomic E-state index is 0.800. The molecule has 0 aromatic heterocycles. The van der Waals surface area contributed by atoms with Crippen LogP contribution in [0.5, 0.6) is 0 Å². The van der Waals surface area contributed by atoms with Gasteiger partial charge in [0.1, 0.15) is 0 Å². The van der Waals surface area contributed by atoms with Crippen molar-refractivity contribution in [1.82, 2.24) is 0 Å². The summed E-state index contributed by atoms with van der Waals surface area (Å²) in [4.78, 5) is 0. The molecule has 0 heterocycles. The van der Waals surface area contributed by atoms with Crippen LogP contribution in [0.25, 0.3) is 0 Å². The van der Waals surface area contributed by atoms with Gasteiger partial charge in [-0.2, -0.15) is 0 Å². The van der Waals surface area contributed by atoms with E-state index >= 15 is 0 Å². The molecule has 0 heteroatoms. The maximum Gasteiger partial charge on any atom is -0.0162 e. The largest absolute Gasteiger partial charge is 0.103 e. The fourth-order valence-corrected chi connectivity index (χ4v) is 2.41. The summed E-state index contributed by atoms with van der Waals surface area (Å²) in [6.45, 7) is 6.13. The molecule has 0 N–H and O–H groups in total. The van der Waals surface area contributed by atoms with Crippen molar-refractivity contribution in [3.05, 3.63) is 24.3 Å². The monoisotopic (exact) mass is 134 g/mol. The molecule has 2 rings (SSSR count). The molecule has 2 bridgehead atoms. The highest BCUT2D eigenvalue weighted by Crippen LogP contribution is 2.47. The first-order valence-electron chi connectivity index (χ1n) is 4.12. The molecule has 0 spiro atoms. The number of allylic oxidation sites excluding steroid dienone is 3. The van der Waals surface area contributed by atoms with Crippen molar-refractivity contribution in [1.29, 1.82) is 0 Å². The Hall–Kier alpha value is -0.520. The van der Waals surface area contributed by atoms with Gasteiger partial charge < -0.3 is 0 Å².